The van der Waals surface area contributed by atoms with E-state index in [0.717, 1.165) is 30.5 Å². The van der Waals surface area contributed by atoms with Crippen LogP contribution in [0.3, 0.4) is 0 Å². The first-order valence-corrected chi connectivity index (χ1v) is 8.66. The van der Waals surface area contributed by atoms with Crippen molar-refractivity contribution in [3.05, 3.63) is 33.8 Å². The molecule has 4 nitrogen and oxygen atoms in total. The molecule has 8 heteroatoms. The highest BCUT2D eigenvalue weighted by Crippen LogP contribution is 2.34. The Morgan fingerprint density at radius 2 is 2.41 bits per heavy atom. The number of hydrogen-bond donors (Lipinski definition) is 1. The van der Waals surface area contributed by atoms with E-state index in [0.29, 0.717) is 21.5 Å². The Labute approximate surface area is 134 Å². The Morgan fingerprint density at radius 1 is 1.59 bits per heavy atom. The first kappa shape index (κ1) is 15.5. The third kappa shape index (κ3) is 3.03. The van der Waals surface area contributed by atoms with Gasteiger partial charge in [0.15, 0.2) is 0 Å². The lowest BCUT2D eigenvalue weighted by Crippen LogP contribution is -2.30. The molecule has 1 atom stereocenters. The van der Waals surface area contributed by atoms with Crippen molar-refractivity contribution in [2.45, 2.75) is 36.0 Å². The zero-order valence-corrected chi connectivity index (χ0v) is 13.5. The topological polar surface area (TPSA) is 46.9 Å². The fourth-order valence-corrected chi connectivity index (χ4v) is 4.34. The number of aromatic nitrogens is 2. The van der Waals surface area contributed by atoms with Crippen LogP contribution in [0.4, 0.5) is 8.78 Å². The van der Waals surface area contributed by atoms with Crippen molar-refractivity contribution in [2.24, 2.45) is 7.05 Å². The van der Waals surface area contributed by atoms with Crippen LogP contribution in [0.2, 0.25) is 0 Å². The molecule has 0 saturated carbocycles. The lowest BCUT2D eigenvalue weighted by molar-refractivity contribution is 0.0934. The number of alkyl halides is 2. The van der Waals surface area contributed by atoms with E-state index in [2.05, 4.69) is 10.4 Å². The van der Waals surface area contributed by atoms with Crippen molar-refractivity contribution in [1.82, 2.24) is 15.1 Å². The molecule has 118 valence electrons. The number of thiophene rings is 1. The second-order valence-electron chi connectivity index (χ2n) is 5.08. The van der Waals surface area contributed by atoms with Crippen LogP contribution in [0, 0.1) is 0 Å². The number of amides is 1. The normalized spacial score (nSPS) is 17.5. The lowest BCUT2D eigenvalue weighted by atomic mass is 9.93. The molecule has 1 N–H and O–H groups in total. The summed E-state index contributed by atoms with van der Waals surface area (Å²) in [6.45, 7) is 0. The van der Waals surface area contributed by atoms with Gasteiger partial charge in [-0.05, 0) is 30.7 Å². The molecule has 0 radical (unpaired) electrons. The van der Waals surface area contributed by atoms with Gasteiger partial charge in [-0.25, -0.2) is 0 Å². The highest BCUT2D eigenvalue weighted by molar-refractivity contribution is 7.99. The summed E-state index contributed by atoms with van der Waals surface area (Å²) >= 11 is 1.60. The number of carbonyl (C=O) groups excluding carboxylic acids is 1. The molecule has 0 saturated heterocycles. The number of halogens is 2. The zero-order valence-electron chi connectivity index (χ0n) is 11.9. The number of hydrogen-bond acceptors (Lipinski definition) is 4. The van der Waals surface area contributed by atoms with Gasteiger partial charge < -0.3 is 5.32 Å². The molecule has 0 aromatic carbocycles. The Bertz CT molecular complexity index is 683. The smallest absolute Gasteiger partial charge is 0.288 e. The minimum atomic E-state index is -2.53. The Morgan fingerprint density at radius 3 is 3.18 bits per heavy atom. The summed E-state index contributed by atoms with van der Waals surface area (Å²) in [6, 6.07) is 1.46. The number of thioether (sulfide) groups is 1. The molecule has 3 rings (SSSR count). The lowest BCUT2D eigenvalue weighted by Gasteiger charge is -2.23. The number of nitrogens with zero attached hydrogens (tertiary/aromatic N) is 2. The van der Waals surface area contributed by atoms with Crippen LogP contribution in [0.5, 0.6) is 0 Å². The summed E-state index contributed by atoms with van der Waals surface area (Å²) in [5, 5.41) is 8.87. The number of aryl methyl sites for hydroxylation is 1. The van der Waals surface area contributed by atoms with Gasteiger partial charge in [-0.2, -0.15) is 13.9 Å². The van der Waals surface area contributed by atoms with Gasteiger partial charge in [0, 0.05) is 23.2 Å². The standard InChI is InChI=1S/C14H15F2N3OS2/c1-19-10-4-2-3-9(8(10)7-17-19)18-13(20)12-11(5-6-21-12)22-14(15)16/h5-7,9,14H,2-4H2,1H3,(H,18,20). The predicted molar refractivity (Wildman–Crippen MR) is 82.5 cm³/mol. The Balaban J connectivity index is 1.77. The summed E-state index contributed by atoms with van der Waals surface area (Å²) in [6.07, 6.45) is 4.54. The summed E-state index contributed by atoms with van der Waals surface area (Å²) in [5.74, 6) is -2.82. The maximum atomic E-state index is 12.5. The monoisotopic (exact) mass is 343 g/mol. The zero-order chi connectivity index (χ0) is 15.7. The molecule has 1 unspecified atom stereocenters. The van der Waals surface area contributed by atoms with Crippen LogP contribution in [0.15, 0.2) is 22.5 Å². The first-order valence-electron chi connectivity index (χ1n) is 6.90. The number of carbonyl (C=O) groups is 1. The van der Waals surface area contributed by atoms with E-state index in [9.17, 15) is 13.6 Å². The van der Waals surface area contributed by atoms with Crippen LogP contribution in [-0.4, -0.2) is 21.4 Å². The van der Waals surface area contributed by atoms with Crippen LogP contribution in [0.25, 0.3) is 0 Å². The number of rotatable bonds is 4. The molecule has 1 aliphatic rings. The van der Waals surface area contributed by atoms with Crippen molar-refractivity contribution in [2.75, 3.05) is 0 Å². The van der Waals surface area contributed by atoms with Gasteiger partial charge in [0.05, 0.1) is 12.2 Å². The van der Waals surface area contributed by atoms with Crippen LogP contribution < -0.4 is 5.32 Å². The molecule has 2 aromatic rings. The molecule has 0 spiro atoms. The van der Waals surface area contributed by atoms with Gasteiger partial charge >= 0.3 is 0 Å². The summed E-state index contributed by atoms with van der Waals surface area (Å²) in [4.78, 5) is 13.1. The average Bonchev–Trinajstić information content (AvgIpc) is 3.06. The molecule has 0 bridgehead atoms. The van der Waals surface area contributed by atoms with Crippen molar-refractivity contribution < 1.29 is 13.6 Å². The fourth-order valence-electron chi connectivity index (χ4n) is 2.73. The van der Waals surface area contributed by atoms with Gasteiger partial charge in [-0.15, -0.1) is 11.3 Å². The molecule has 2 heterocycles. The summed E-state index contributed by atoms with van der Waals surface area (Å²) in [7, 11) is 1.89. The SMILES string of the molecule is Cn1ncc2c1CCCC2NC(=O)c1sccc1SC(F)F. The van der Waals surface area contributed by atoms with Crippen molar-refractivity contribution in [1.29, 1.82) is 0 Å². The summed E-state index contributed by atoms with van der Waals surface area (Å²) < 4.78 is 26.9. The molecule has 1 amide bonds. The predicted octanol–water partition coefficient (Wildman–Crippen LogP) is 3.60. The van der Waals surface area contributed by atoms with Gasteiger partial charge in [0.25, 0.3) is 11.7 Å². The highest BCUT2D eigenvalue weighted by atomic mass is 32.2. The van der Waals surface area contributed by atoms with Gasteiger partial charge in [-0.3, -0.25) is 9.48 Å². The van der Waals surface area contributed by atoms with Crippen LogP contribution in [-0.2, 0) is 13.5 Å². The number of fused-ring (bicyclic) bond motifs is 1. The maximum absolute atomic E-state index is 12.5. The minimum absolute atomic E-state index is 0.101. The van der Waals surface area contributed by atoms with E-state index in [1.807, 2.05) is 11.7 Å². The molecular weight excluding hydrogens is 328 g/mol. The van der Waals surface area contributed by atoms with Crippen LogP contribution >= 0.6 is 23.1 Å². The largest absolute Gasteiger partial charge is 0.344 e. The van der Waals surface area contributed by atoms with E-state index < -0.39 is 5.76 Å². The van der Waals surface area contributed by atoms with E-state index in [4.69, 9.17) is 0 Å². The van der Waals surface area contributed by atoms with Crippen molar-refractivity contribution >= 4 is 29.0 Å². The summed E-state index contributed by atoms with van der Waals surface area (Å²) in [5.41, 5.74) is 2.16. The molecule has 1 aliphatic carbocycles. The third-order valence-electron chi connectivity index (χ3n) is 3.73. The highest BCUT2D eigenvalue weighted by Gasteiger charge is 2.26. The number of nitrogens with one attached hydrogen (secondary N) is 1. The molecular formula is C14H15F2N3OS2. The Hall–Kier alpha value is -1.41. The molecule has 22 heavy (non-hydrogen) atoms. The fraction of sp³-hybridized carbons (Fsp3) is 0.429. The first-order chi connectivity index (χ1) is 10.6. The van der Waals surface area contributed by atoms with Crippen molar-refractivity contribution in [3.8, 4) is 0 Å². The molecule has 0 fully saturated rings. The third-order valence-corrected chi connectivity index (χ3v) is 5.55. The molecule has 0 aliphatic heterocycles. The van der Waals surface area contributed by atoms with E-state index >= 15 is 0 Å². The van der Waals surface area contributed by atoms with Crippen LogP contribution in [0.1, 0.15) is 39.8 Å². The van der Waals surface area contributed by atoms with Gasteiger partial charge in [-0.1, -0.05) is 11.8 Å². The second-order valence-corrected chi connectivity index (χ2v) is 7.03. The maximum Gasteiger partial charge on any atom is 0.288 e. The van der Waals surface area contributed by atoms with E-state index in [1.54, 1.807) is 17.6 Å². The molecule has 2 aromatic heterocycles. The van der Waals surface area contributed by atoms with Crippen molar-refractivity contribution in [3.63, 3.8) is 0 Å². The minimum Gasteiger partial charge on any atom is -0.344 e. The van der Waals surface area contributed by atoms with E-state index in [1.165, 1.54) is 11.3 Å². The van der Waals surface area contributed by atoms with Gasteiger partial charge in [0.1, 0.15) is 4.88 Å². The van der Waals surface area contributed by atoms with Gasteiger partial charge in [0.2, 0.25) is 0 Å². The quantitative estimate of drug-likeness (QED) is 0.863. The van der Waals surface area contributed by atoms with E-state index in [-0.39, 0.29) is 11.9 Å². The average molecular weight is 343 g/mol. The second kappa shape index (κ2) is 6.37. The Kier molecular flexibility index (Phi) is 4.49.